The zero-order valence-corrected chi connectivity index (χ0v) is 14.7. The third kappa shape index (κ3) is 5.78. The molecule has 3 atom stereocenters. The van der Waals surface area contributed by atoms with Crippen molar-refractivity contribution < 1.29 is 4.79 Å². The maximum atomic E-state index is 12.2. The predicted octanol–water partition coefficient (Wildman–Crippen LogP) is 3.52. The van der Waals surface area contributed by atoms with Crippen LogP contribution in [0.25, 0.3) is 0 Å². The van der Waals surface area contributed by atoms with Gasteiger partial charge in [-0.25, -0.2) is 0 Å². The normalized spacial score (nSPS) is 29.8. The van der Waals surface area contributed by atoms with E-state index in [1.54, 1.807) is 0 Å². The van der Waals surface area contributed by atoms with Gasteiger partial charge in [0.05, 0.1) is 0 Å². The van der Waals surface area contributed by atoms with E-state index in [4.69, 9.17) is 0 Å². The van der Waals surface area contributed by atoms with Crippen LogP contribution in [0.5, 0.6) is 0 Å². The van der Waals surface area contributed by atoms with Gasteiger partial charge in [0, 0.05) is 12.5 Å². The second kappa shape index (κ2) is 8.38. The minimum Gasteiger partial charge on any atom is -0.353 e. The van der Waals surface area contributed by atoms with Crippen LogP contribution in [-0.2, 0) is 4.79 Å². The van der Waals surface area contributed by atoms with E-state index in [0.717, 1.165) is 19.5 Å². The van der Waals surface area contributed by atoms with Gasteiger partial charge in [-0.3, -0.25) is 4.79 Å². The molecule has 0 aromatic carbocycles. The second-order valence-corrected chi connectivity index (χ2v) is 7.83. The second-order valence-electron chi connectivity index (χ2n) is 7.83. The first kappa shape index (κ1) is 18.8. The van der Waals surface area contributed by atoms with Crippen molar-refractivity contribution in [2.24, 2.45) is 17.3 Å². The average molecular weight is 317 g/mol. The fraction of sp³-hybridized carbons (Fsp3) is 0.941. The Hall–Kier alpha value is -0.280. The highest BCUT2D eigenvalue weighted by Gasteiger charge is 2.34. The molecule has 1 heterocycles. The van der Waals surface area contributed by atoms with Gasteiger partial charge < -0.3 is 10.6 Å². The molecule has 4 heteroatoms. The third-order valence-electron chi connectivity index (χ3n) is 5.17. The van der Waals surface area contributed by atoms with Gasteiger partial charge in [-0.2, -0.15) is 0 Å². The Balaban J connectivity index is 0.00000220. The minimum atomic E-state index is 0. The number of halogens is 1. The molecular weight excluding hydrogens is 284 g/mol. The first-order valence-corrected chi connectivity index (χ1v) is 8.47. The summed E-state index contributed by atoms with van der Waals surface area (Å²) in [7, 11) is 0. The first-order valence-electron chi connectivity index (χ1n) is 8.47. The van der Waals surface area contributed by atoms with Crippen molar-refractivity contribution in [1.82, 2.24) is 10.6 Å². The van der Waals surface area contributed by atoms with Gasteiger partial charge in [-0.15, -0.1) is 12.4 Å². The third-order valence-corrected chi connectivity index (χ3v) is 5.17. The summed E-state index contributed by atoms with van der Waals surface area (Å²) in [5.41, 5.74) is 0.299. The topological polar surface area (TPSA) is 41.1 Å². The predicted molar refractivity (Wildman–Crippen MR) is 90.8 cm³/mol. The summed E-state index contributed by atoms with van der Waals surface area (Å²) in [5.74, 6) is 1.62. The summed E-state index contributed by atoms with van der Waals surface area (Å²) in [4.78, 5) is 12.2. The Morgan fingerprint density at radius 3 is 2.52 bits per heavy atom. The summed E-state index contributed by atoms with van der Waals surface area (Å²) in [6.45, 7) is 9.16. The molecule has 1 aliphatic heterocycles. The quantitative estimate of drug-likeness (QED) is 0.833. The molecule has 124 valence electrons. The molecule has 0 aromatic heterocycles. The summed E-state index contributed by atoms with van der Waals surface area (Å²) >= 11 is 0. The fourth-order valence-electron chi connectivity index (χ4n) is 3.92. The van der Waals surface area contributed by atoms with Crippen molar-refractivity contribution in [2.45, 2.75) is 71.8 Å². The molecule has 0 bridgehead atoms. The molecule has 0 aromatic rings. The summed E-state index contributed by atoms with van der Waals surface area (Å²) in [6, 6.07) is 0.401. The van der Waals surface area contributed by atoms with E-state index in [1.807, 2.05) is 0 Å². The lowest BCUT2D eigenvalue weighted by atomic mass is 9.69. The maximum Gasteiger partial charge on any atom is 0.220 e. The zero-order chi connectivity index (χ0) is 14.6. The van der Waals surface area contributed by atoms with E-state index in [1.165, 1.54) is 32.1 Å². The fourth-order valence-corrected chi connectivity index (χ4v) is 3.92. The van der Waals surface area contributed by atoms with Gasteiger partial charge >= 0.3 is 0 Å². The SMILES string of the molecule is CC(C)(C)C1CCCCC1NC(=O)CCC1CCNC1.Cl. The van der Waals surface area contributed by atoms with Crippen molar-refractivity contribution in [3.8, 4) is 0 Å². The number of carbonyl (C=O) groups excluding carboxylic acids is 1. The number of amides is 1. The monoisotopic (exact) mass is 316 g/mol. The van der Waals surface area contributed by atoms with Crippen molar-refractivity contribution in [1.29, 1.82) is 0 Å². The number of nitrogens with one attached hydrogen (secondary N) is 2. The summed E-state index contributed by atoms with van der Waals surface area (Å²) < 4.78 is 0. The maximum absolute atomic E-state index is 12.2. The van der Waals surface area contributed by atoms with Crippen LogP contribution in [0.3, 0.4) is 0 Å². The lowest BCUT2D eigenvalue weighted by molar-refractivity contribution is -0.123. The van der Waals surface area contributed by atoms with Gasteiger partial charge in [-0.05, 0) is 56.0 Å². The molecule has 3 unspecified atom stereocenters. The standard InChI is InChI=1S/C17H32N2O.ClH/c1-17(2,3)14-6-4-5-7-15(14)19-16(20)9-8-13-10-11-18-12-13;/h13-15,18H,4-12H2,1-3H3,(H,19,20);1H. The van der Waals surface area contributed by atoms with Crippen LogP contribution in [0.4, 0.5) is 0 Å². The van der Waals surface area contributed by atoms with Crippen LogP contribution in [-0.4, -0.2) is 25.0 Å². The molecule has 0 radical (unpaired) electrons. The number of hydrogen-bond acceptors (Lipinski definition) is 2. The lowest BCUT2D eigenvalue weighted by Gasteiger charge is -2.40. The van der Waals surface area contributed by atoms with E-state index in [-0.39, 0.29) is 18.3 Å². The van der Waals surface area contributed by atoms with E-state index in [2.05, 4.69) is 31.4 Å². The van der Waals surface area contributed by atoms with E-state index in [0.29, 0.717) is 29.7 Å². The number of rotatable bonds is 4. The Labute approximate surface area is 136 Å². The van der Waals surface area contributed by atoms with Crippen LogP contribution in [0.1, 0.15) is 65.7 Å². The van der Waals surface area contributed by atoms with Gasteiger partial charge in [0.25, 0.3) is 0 Å². The van der Waals surface area contributed by atoms with Crippen LogP contribution in [0, 0.1) is 17.3 Å². The van der Waals surface area contributed by atoms with Crippen LogP contribution >= 0.6 is 12.4 Å². The van der Waals surface area contributed by atoms with Crippen molar-refractivity contribution in [3.63, 3.8) is 0 Å². The number of hydrogen-bond donors (Lipinski definition) is 2. The van der Waals surface area contributed by atoms with Gasteiger partial charge in [0.2, 0.25) is 5.91 Å². The highest BCUT2D eigenvalue weighted by molar-refractivity contribution is 5.85. The molecule has 2 N–H and O–H groups in total. The summed E-state index contributed by atoms with van der Waals surface area (Å²) in [6.07, 6.45) is 8.01. The molecule has 1 amide bonds. The Kier molecular flexibility index (Phi) is 7.49. The Bertz CT molecular complexity index is 321. The molecule has 2 aliphatic rings. The lowest BCUT2D eigenvalue weighted by Crippen LogP contribution is -2.46. The molecule has 0 spiro atoms. The Morgan fingerprint density at radius 1 is 1.19 bits per heavy atom. The smallest absolute Gasteiger partial charge is 0.220 e. The van der Waals surface area contributed by atoms with Gasteiger partial charge in [0.1, 0.15) is 0 Å². The summed E-state index contributed by atoms with van der Waals surface area (Å²) in [5, 5.41) is 6.71. The van der Waals surface area contributed by atoms with Crippen LogP contribution < -0.4 is 10.6 Å². The van der Waals surface area contributed by atoms with E-state index < -0.39 is 0 Å². The zero-order valence-electron chi connectivity index (χ0n) is 13.9. The van der Waals surface area contributed by atoms with E-state index in [9.17, 15) is 4.79 Å². The molecule has 2 fully saturated rings. The van der Waals surface area contributed by atoms with Gasteiger partial charge in [0.15, 0.2) is 0 Å². The van der Waals surface area contributed by atoms with Crippen molar-refractivity contribution in [2.75, 3.05) is 13.1 Å². The molecule has 21 heavy (non-hydrogen) atoms. The molecule has 1 aliphatic carbocycles. The largest absolute Gasteiger partial charge is 0.353 e. The minimum absolute atomic E-state index is 0. The van der Waals surface area contributed by atoms with Crippen LogP contribution in [0.2, 0.25) is 0 Å². The highest BCUT2D eigenvalue weighted by Crippen LogP contribution is 2.38. The van der Waals surface area contributed by atoms with Crippen molar-refractivity contribution >= 4 is 18.3 Å². The average Bonchev–Trinajstić information content (AvgIpc) is 2.89. The first-order chi connectivity index (χ1) is 9.47. The highest BCUT2D eigenvalue weighted by atomic mass is 35.5. The van der Waals surface area contributed by atoms with Crippen molar-refractivity contribution in [3.05, 3.63) is 0 Å². The van der Waals surface area contributed by atoms with Gasteiger partial charge in [-0.1, -0.05) is 33.6 Å². The molecular formula is C17H33ClN2O. The van der Waals surface area contributed by atoms with E-state index >= 15 is 0 Å². The molecule has 2 rings (SSSR count). The Morgan fingerprint density at radius 2 is 1.90 bits per heavy atom. The molecule has 1 saturated heterocycles. The molecule has 3 nitrogen and oxygen atoms in total. The number of carbonyl (C=O) groups is 1. The van der Waals surface area contributed by atoms with Crippen LogP contribution in [0.15, 0.2) is 0 Å². The molecule has 1 saturated carbocycles.